The maximum atomic E-state index is 13.9. The van der Waals surface area contributed by atoms with Crippen molar-refractivity contribution in [2.24, 2.45) is 0 Å². The molecule has 0 radical (unpaired) electrons. The summed E-state index contributed by atoms with van der Waals surface area (Å²) >= 11 is 0.369. The SMILES string of the molecule is O=C1CC2(CC(=O)N1)SCCCS2(F)(F)(F)F. The standard InChI is InChI=1S/C8H11F4NO2S2/c9-17(10,11,12)3-1-2-16-8(17)4-6(14)13-7(15)5-8/h1-5H2,(H,13,14,15). The Morgan fingerprint density at radius 2 is 1.65 bits per heavy atom. The maximum absolute atomic E-state index is 13.9. The average molecular weight is 293 g/mol. The molecule has 2 fully saturated rings. The summed E-state index contributed by atoms with van der Waals surface area (Å²) in [5.74, 6) is -3.49. The molecular weight excluding hydrogens is 282 g/mol. The first-order valence-corrected chi connectivity index (χ1v) is 8.13. The van der Waals surface area contributed by atoms with E-state index < -0.39 is 44.3 Å². The summed E-state index contributed by atoms with van der Waals surface area (Å²) in [5, 5.41) is 1.78. The van der Waals surface area contributed by atoms with Crippen LogP contribution in [-0.4, -0.2) is 27.4 Å². The van der Waals surface area contributed by atoms with Crippen LogP contribution in [0.25, 0.3) is 0 Å². The van der Waals surface area contributed by atoms with Gasteiger partial charge in [0.1, 0.15) is 4.08 Å². The van der Waals surface area contributed by atoms with E-state index in [1.807, 2.05) is 0 Å². The van der Waals surface area contributed by atoms with E-state index in [1.165, 1.54) is 0 Å². The Balaban J connectivity index is 2.54. The van der Waals surface area contributed by atoms with E-state index in [4.69, 9.17) is 0 Å². The minimum absolute atomic E-state index is 0.113. The fourth-order valence-electron chi connectivity index (χ4n) is 2.14. The molecule has 3 nitrogen and oxygen atoms in total. The molecule has 1 spiro atoms. The summed E-state index contributed by atoms with van der Waals surface area (Å²) in [7, 11) is -8.37. The molecular formula is C8H11F4NO2S2. The normalized spacial score (nSPS) is 37.2. The first kappa shape index (κ1) is 13.0. The van der Waals surface area contributed by atoms with Gasteiger partial charge in [0.15, 0.2) is 9.84 Å². The van der Waals surface area contributed by atoms with E-state index in [1.54, 1.807) is 5.32 Å². The number of piperidine rings is 1. The third-order valence-electron chi connectivity index (χ3n) is 3.03. The van der Waals surface area contributed by atoms with Crippen molar-refractivity contribution in [1.29, 1.82) is 0 Å². The maximum Gasteiger partial charge on any atom is 0.229 e. The van der Waals surface area contributed by atoms with Crippen LogP contribution in [0.1, 0.15) is 19.3 Å². The zero-order valence-electron chi connectivity index (χ0n) is 8.68. The lowest BCUT2D eigenvalue weighted by atomic mass is 10.1. The summed E-state index contributed by atoms with van der Waals surface area (Å²) in [6.45, 7) is 0. The number of carbonyl (C=O) groups is 2. The second-order valence-corrected chi connectivity index (χ2v) is 9.79. The van der Waals surface area contributed by atoms with Gasteiger partial charge in [0, 0.05) is 0 Å². The van der Waals surface area contributed by atoms with Gasteiger partial charge in [-0.1, -0.05) is 0 Å². The van der Waals surface area contributed by atoms with Gasteiger partial charge in [-0.3, -0.25) is 14.9 Å². The Bertz CT molecular complexity index is 402. The molecule has 100 valence electrons. The molecule has 2 rings (SSSR count). The minimum Gasteiger partial charge on any atom is -0.296 e. The lowest BCUT2D eigenvalue weighted by Gasteiger charge is -2.64. The highest BCUT2D eigenvalue weighted by Gasteiger charge is 2.79. The fraction of sp³-hybridized carbons (Fsp3) is 0.750. The highest BCUT2D eigenvalue weighted by molar-refractivity contribution is 8.55. The Hall–Kier alpha value is -0.440. The van der Waals surface area contributed by atoms with Crippen LogP contribution in [0, 0.1) is 0 Å². The van der Waals surface area contributed by atoms with Crippen LogP contribution < -0.4 is 5.32 Å². The molecule has 17 heavy (non-hydrogen) atoms. The highest BCUT2D eigenvalue weighted by atomic mass is 32.5. The number of rotatable bonds is 0. The zero-order chi connectivity index (χ0) is 13.0. The fourth-order valence-corrected chi connectivity index (χ4v) is 7.00. The first-order valence-electron chi connectivity index (χ1n) is 4.93. The van der Waals surface area contributed by atoms with Crippen molar-refractivity contribution in [1.82, 2.24) is 5.32 Å². The Morgan fingerprint density at radius 1 is 1.12 bits per heavy atom. The molecule has 9 heteroatoms. The average Bonchev–Trinajstić information content (AvgIpc) is 2.07. The van der Waals surface area contributed by atoms with Crippen molar-refractivity contribution in [3.63, 3.8) is 0 Å². The van der Waals surface area contributed by atoms with E-state index in [0.717, 1.165) is 0 Å². The topological polar surface area (TPSA) is 46.2 Å². The van der Waals surface area contributed by atoms with Gasteiger partial charge in [-0.2, -0.15) is 0 Å². The Labute approximate surface area is 99.1 Å². The third kappa shape index (κ3) is 1.83. The Morgan fingerprint density at radius 3 is 2.12 bits per heavy atom. The monoisotopic (exact) mass is 293 g/mol. The lowest BCUT2D eigenvalue weighted by Crippen LogP contribution is -2.56. The molecule has 0 aromatic rings. The summed E-state index contributed by atoms with van der Waals surface area (Å²) in [4.78, 5) is 22.3. The van der Waals surface area contributed by atoms with Crippen LogP contribution in [0.3, 0.4) is 0 Å². The first-order chi connectivity index (χ1) is 7.47. The number of halogens is 4. The molecule has 2 heterocycles. The van der Waals surface area contributed by atoms with Gasteiger partial charge in [0.25, 0.3) is 0 Å². The number of amides is 2. The summed E-state index contributed by atoms with van der Waals surface area (Å²) in [5.41, 5.74) is 0. The second kappa shape index (κ2) is 2.93. The molecule has 0 unspecified atom stereocenters. The van der Waals surface area contributed by atoms with Crippen LogP contribution in [-0.2, 0) is 9.59 Å². The predicted molar refractivity (Wildman–Crippen MR) is 59.1 cm³/mol. The van der Waals surface area contributed by atoms with E-state index in [-0.39, 0.29) is 12.2 Å². The van der Waals surface area contributed by atoms with Gasteiger partial charge in [-0.25, -0.2) is 0 Å². The molecule has 0 aromatic heterocycles. The van der Waals surface area contributed by atoms with Gasteiger partial charge in [-0.15, -0.1) is 27.3 Å². The van der Waals surface area contributed by atoms with Crippen LogP contribution in [0.4, 0.5) is 15.5 Å². The molecule has 0 atom stereocenters. The number of carbonyl (C=O) groups excluding carboxylic acids is 2. The van der Waals surface area contributed by atoms with Gasteiger partial charge in [0.05, 0.1) is 18.6 Å². The largest absolute Gasteiger partial charge is 0.296 e. The molecule has 0 aliphatic carbocycles. The number of thioether (sulfide) groups is 1. The lowest BCUT2D eigenvalue weighted by molar-refractivity contribution is -0.133. The quantitative estimate of drug-likeness (QED) is 0.552. The van der Waals surface area contributed by atoms with Crippen LogP contribution >= 0.6 is 21.6 Å². The number of hydrogen-bond acceptors (Lipinski definition) is 3. The van der Waals surface area contributed by atoms with E-state index >= 15 is 0 Å². The molecule has 1 N–H and O–H groups in total. The molecule has 2 amide bonds. The van der Waals surface area contributed by atoms with Gasteiger partial charge >= 0.3 is 0 Å². The number of imide groups is 1. The summed E-state index contributed by atoms with van der Waals surface area (Å²) in [6.07, 6.45) is -2.29. The van der Waals surface area contributed by atoms with Gasteiger partial charge in [0.2, 0.25) is 11.8 Å². The minimum atomic E-state index is -8.37. The predicted octanol–water partition coefficient (Wildman–Crippen LogP) is 2.67. The summed E-state index contributed by atoms with van der Waals surface area (Å²) in [6, 6.07) is 0. The van der Waals surface area contributed by atoms with Crippen molar-refractivity contribution in [2.75, 3.05) is 11.5 Å². The molecule has 2 aliphatic rings. The van der Waals surface area contributed by atoms with Gasteiger partial charge in [-0.05, 0) is 12.2 Å². The van der Waals surface area contributed by atoms with Crippen molar-refractivity contribution in [3.05, 3.63) is 0 Å². The van der Waals surface area contributed by atoms with Crippen LogP contribution in [0.2, 0.25) is 0 Å². The van der Waals surface area contributed by atoms with E-state index in [9.17, 15) is 25.1 Å². The zero-order valence-corrected chi connectivity index (χ0v) is 10.3. The second-order valence-electron chi connectivity index (χ2n) is 4.38. The van der Waals surface area contributed by atoms with E-state index in [0.29, 0.717) is 11.8 Å². The van der Waals surface area contributed by atoms with Crippen molar-refractivity contribution in [2.45, 2.75) is 23.3 Å². The third-order valence-corrected chi connectivity index (χ3v) is 8.85. The molecule has 0 bridgehead atoms. The number of hydrogen-bond donors (Lipinski definition) is 1. The summed E-state index contributed by atoms with van der Waals surface area (Å²) < 4.78 is 52.8. The molecule has 0 saturated carbocycles. The molecule has 2 saturated heterocycles. The van der Waals surface area contributed by atoms with Crippen molar-refractivity contribution >= 4 is 33.4 Å². The van der Waals surface area contributed by atoms with Crippen molar-refractivity contribution < 1.29 is 25.1 Å². The number of nitrogens with one attached hydrogen (secondary N) is 1. The molecule has 0 aromatic carbocycles. The van der Waals surface area contributed by atoms with Crippen molar-refractivity contribution in [3.8, 4) is 0 Å². The van der Waals surface area contributed by atoms with Crippen LogP contribution in [0.15, 0.2) is 0 Å². The van der Waals surface area contributed by atoms with Crippen LogP contribution in [0.5, 0.6) is 0 Å². The van der Waals surface area contributed by atoms with Gasteiger partial charge < -0.3 is 0 Å². The van der Waals surface area contributed by atoms with E-state index in [2.05, 4.69) is 0 Å². The Kier molecular flexibility index (Phi) is 2.24. The molecule has 2 aliphatic heterocycles. The highest BCUT2D eigenvalue weighted by Crippen LogP contribution is 3.05. The smallest absolute Gasteiger partial charge is 0.229 e.